The summed E-state index contributed by atoms with van der Waals surface area (Å²) in [5.74, 6) is 1.32. The number of ether oxygens (including phenoxy) is 1. The summed E-state index contributed by atoms with van der Waals surface area (Å²) >= 11 is 0. The Bertz CT molecular complexity index is 589. The molecule has 4 unspecified atom stereocenters. The van der Waals surface area contributed by atoms with E-state index < -0.39 is 0 Å². The summed E-state index contributed by atoms with van der Waals surface area (Å²) in [6.07, 6.45) is 13.1. The van der Waals surface area contributed by atoms with Crippen LogP contribution in [0.1, 0.15) is 77.6 Å². The van der Waals surface area contributed by atoms with Crippen LogP contribution in [-0.4, -0.2) is 49.8 Å². The molecule has 0 aliphatic heterocycles. The normalized spacial score (nSPS) is 33.5. The van der Waals surface area contributed by atoms with Gasteiger partial charge in [-0.25, -0.2) is 0 Å². The average Bonchev–Trinajstić information content (AvgIpc) is 3.35. The van der Waals surface area contributed by atoms with Crippen LogP contribution in [0.25, 0.3) is 0 Å². The minimum atomic E-state index is 0. The van der Waals surface area contributed by atoms with Gasteiger partial charge in [0.25, 0.3) is 0 Å². The standard InChI is InChI=1S/C22H38N4O2.HI/c1-3-28-19-14-18(22(19)11-4-5-12-22)26-21(23-2)25-17-8-6-7-15(13-17)20(27)24-16-9-10-16;/h15-19H,3-14H2,1-2H3,(H,24,27)(H2,23,25,26);1H. The Kier molecular flexibility index (Phi) is 8.09. The van der Waals surface area contributed by atoms with Gasteiger partial charge in [0.15, 0.2) is 5.96 Å². The fourth-order valence-electron chi connectivity index (χ4n) is 5.72. The molecular weight excluding hydrogens is 479 g/mol. The SMILES string of the molecule is CCOC1CC(NC(=NC)NC2CCCC(C(=O)NC3CC3)C2)C12CCCC2.I. The first-order chi connectivity index (χ1) is 13.6. The van der Waals surface area contributed by atoms with Gasteiger partial charge in [-0.1, -0.05) is 19.3 Å². The molecule has 6 nitrogen and oxygen atoms in total. The largest absolute Gasteiger partial charge is 0.378 e. The first-order valence-corrected chi connectivity index (χ1v) is 11.6. The van der Waals surface area contributed by atoms with Crippen LogP contribution in [0.3, 0.4) is 0 Å². The molecule has 0 radical (unpaired) electrons. The minimum Gasteiger partial charge on any atom is -0.378 e. The lowest BCUT2D eigenvalue weighted by Crippen LogP contribution is -2.65. The van der Waals surface area contributed by atoms with Gasteiger partial charge >= 0.3 is 0 Å². The van der Waals surface area contributed by atoms with Crippen molar-refractivity contribution in [2.45, 2.75) is 102 Å². The molecule has 0 aromatic carbocycles. The lowest BCUT2D eigenvalue weighted by Gasteiger charge is -2.54. The van der Waals surface area contributed by atoms with Gasteiger partial charge in [0, 0.05) is 43.1 Å². The van der Waals surface area contributed by atoms with Crippen LogP contribution < -0.4 is 16.0 Å². The molecule has 4 fully saturated rings. The van der Waals surface area contributed by atoms with E-state index in [0.29, 0.717) is 29.6 Å². The van der Waals surface area contributed by atoms with Crippen LogP contribution in [-0.2, 0) is 9.53 Å². The molecule has 1 amide bonds. The monoisotopic (exact) mass is 518 g/mol. The van der Waals surface area contributed by atoms with Crippen LogP contribution in [0.4, 0.5) is 0 Å². The smallest absolute Gasteiger partial charge is 0.223 e. The van der Waals surface area contributed by atoms with E-state index in [-0.39, 0.29) is 35.8 Å². The van der Waals surface area contributed by atoms with E-state index in [1.54, 1.807) is 0 Å². The van der Waals surface area contributed by atoms with Crippen molar-refractivity contribution < 1.29 is 9.53 Å². The van der Waals surface area contributed by atoms with Crippen molar-refractivity contribution in [1.29, 1.82) is 0 Å². The molecular formula is C22H39IN4O2. The number of carbonyl (C=O) groups is 1. The van der Waals surface area contributed by atoms with E-state index in [1.165, 1.54) is 25.7 Å². The third-order valence-corrected chi connectivity index (χ3v) is 7.53. The maximum Gasteiger partial charge on any atom is 0.223 e. The van der Waals surface area contributed by atoms with E-state index in [9.17, 15) is 4.79 Å². The third kappa shape index (κ3) is 5.20. The third-order valence-electron chi connectivity index (χ3n) is 7.53. The Hall–Kier alpha value is -0.570. The number of amides is 1. The first kappa shape index (κ1) is 23.1. The maximum absolute atomic E-state index is 12.5. The van der Waals surface area contributed by atoms with Gasteiger partial charge in [-0.05, 0) is 58.3 Å². The molecule has 0 aromatic heterocycles. The molecule has 3 N–H and O–H groups in total. The highest BCUT2D eigenvalue weighted by Gasteiger charge is 2.57. The van der Waals surface area contributed by atoms with E-state index in [0.717, 1.165) is 57.5 Å². The highest BCUT2D eigenvalue weighted by atomic mass is 127. The zero-order valence-corrected chi connectivity index (χ0v) is 20.4. The highest BCUT2D eigenvalue weighted by molar-refractivity contribution is 14.0. The molecule has 7 heteroatoms. The number of nitrogens with one attached hydrogen (secondary N) is 3. The summed E-state index contributed by atoms with van der Waals surface area (Å²) in [5.41, 5.74) is 0.298. The number of guanidine groups is 1. The second-order valence-electron chi connectivity index (χ2n) is 9.38. The van der Waals surface area contributed by atoms with E-state index >= 15 is 0 Å². The zero-order chi connectivity index (χ0) is 19.6. The number of hydrogen-bond acceptors (Lipinski definition) is 3. The van der Waals surface area contributed by atoms with Crippen molar-refractivity contribution in [3.05, 3.63) is 0 Å². The molecule has 4 rings (SSSR count). The summed E-state index contributed by atoms with van der Waals surface area (Å²) in [6, 6.07) is 1.24. The van der Waals surface area contributed by atoms with Crippen molar-refractivity contribution in [1.82, 2.24) is 16.0 Å². The number of nitrogens with zero attached hydrogens (tertiary/aromatic N) is 1. The van der Waals surface area contributed by atoms with Gasteiger partial charge in [0.05, 0.1) is 6.10 Å². The average molecular weight is 518 g/mol. The van der Waals surface area contributed by atoms with Crippen LogP contribution >= 0.6 is 24.0 Å². The van der Waals surface area contributed by atoms with Crippen LogP contribution in [0.15, 0.2) is 4.99 Å². The minimum absolute atomic E-state index is 0. The van der Waals surface area contributed by atoms with Gasteiger partial charge in [-0.2, -0.15) is 0 Å². The predicted molar refractivity (Wildman–Crippen MR) is 127 cm³/mol. The fraction of sp³-hybridized carbons (Fsp3) is 0.909. The summed E-state index contributed by atoms with van der Waals surface area (Å²) in [5, 5.41) is 10.5. The molecule has 166 valence electrons. The molecule has 4 saturated carbocycles. The fourth-order valence-corrected chi connectivity index (χ4v) is 5.72. The van der Waals surface area contributed by atoms with Gasteiger partial charge in [0.2, 0.25) is 5.91 Å². The Morgan fingerprint density at radius 2 is 1.76 bits per heavy atom. The quantitative estimate of drug-likeness (QED) is 0.287. The zero-order valence-electron chi connectivity index (χ0n) is 18.0. The number of carbonyl (C=O) groups excluding carboxylic acids is 1. The number of rotatable bonds is 6. The molecule has 0 aromatic rings. The number of halogens is 1. The first-order valence-electron chi connectivity index (χ1n) is 11.6. The molecule has 1 spiro atoms. The second kappa shape index (κ2) is 10.2. The predicted octanol–water partition coefficient (Wildman–Crippen LogP) is 3.34. The molecule has 4 atom stereocenters. The molecule has 4 aliphatic carbocycles. The van der Waals surface area contributed by atoms with Gasteiger partial charge in [0.1, 0.15) is 0 Å². The van der Waals surface area contributed by atoms with Crippen LogP contribution in [0, 0.1) is 11.3 Å². The van der Waals surface area contributed by atoms with Crippen molar-refractivity contribution in [3.8, 4) is 0 Å². The van der Waals surface area contributed by atoms with Crippen molar-refractivity contribution >= 4 is 35.8 Å². The van der Waals surface area contributed by atoms with Crippen LogP contribution in [0.5, 0.6) is 0 Å². The second-order valence-corrected chi connectivity index (χ2v) is 9.38. The Balaban J connectivity index is 0.00000240. The van der Waals surface area contributed by atoms with Gasteiger partial charge in [-0.15, -0.1) is 24.0 Å². The highest BCUT2D eigenvalue weighted by Crippen LogP contribution is 2.54. The van der Waals surface area contributed by atoms with Crippen molar-refractivity contribution in [2.75, 3.05) is 13.7 Å². The molecule has 4 aliphatic rings. The lowest BCUT2D eigenvalue weighted by molar-refractivity contribution is -0.126. The topological polar surface area (TPSA) is 74.8 Å². The van der Waals surface area contributed by atoms with E-state index in [2.05, 4.69) is 27.9 Å². The Labute approximate surface area is 192 Å². The number of hydrogen-bond donors (Lipinski definition) is 3. The Morgan fingerprint density at radius 3 is 2.41 bits per heavy atom. The summed E-state index contributed by atoms with van der Waals surface area (Å²) in [4.78, 5) is 17.0. The molecule has 0 saturated heterocycles. The summed E-state index contributed by atoms with van der Waals surface area (Å²) in [7, 11) is 1.86. The van der Waals surface area contributed by atoms with Crippen molar-refractivity contribution in [2.24, 2.45) is 16.3 Å². The van der Waals surface area contributed by atoms with E-state index in [4.69, 9.17) is 4.74 Å². The molecule has 0 heterocycles. The van der Waals surface area contributed by atoms with E-state index in [1.807, 2.05) is 7.05 Å². The lowest BCUT2D eigenvalue weighted by atomic mass is 9.60. The number of aliphatic imine (C=N–C) groups is 1. The molecule has 29 heavy (non-hydrogen) atoms. The Morgan fingerprint density at radius 1 is 1.00 bits per heavy atom. The van der Waals surface area contributed by atoms with Crippen molar-refractivity contribution in [3.63, 3.8) is 0 Å². The summed E-state index contributed by atoms with van der Waals surface area (Å²) < 4.78 is 6.04. The van der Waals surface area contributed by atoms with Gasteiger partial charge < -0.3 is 20.7 Å². The van der Waals surface area contributed by atoms with Crippen LogP contribution in [0.2, 0.25) is 0 Å². The summed E-state index contributed by atoms with van der Waals surface area (Å²) in [6.45, 7) is 2.90. The molecule has 0 bridgehead atoms. The van der Waals surface area contributed by atoms with Gasteiger partial charge in [-0.3, -0.25) is 9.79 Å². The maximum atomic E-state index is 12.5.